The van der Waals surface area contributed by atoms with Crippen LogP contribution in [0, 0.1) is 0 Å². The first-order valence-electron chi connectivity index (χ1n) is 8.61. The molecule has 0 aliphatic carbocycles. The Hall–Kier alpha value is -1.40. The van der Waals surface area contributed by atoms with E-state index in [0.717, 1.165) is 44.0 Å². The number of nitrogens with zero attached hydrogens (tertiary/aromatic N) is 2. The molecule has 2 N–H and O–H groups in total. The van der Waals surface area contributed by atoms with Crippen LogP contribution in [0.4, 0.5) is 11.5 Å². The van der Waals surface area contributed by atoms with Crippen LogP contribution in [0.1, 0.15) is 39.0 Å². The maximum atomic E-state index is 5.58. The van der Waals surface area contributed by atoms with Gasteiger partial charge >= 0.3 is 0 Å². The Bertz CT molecular complexity index is 516. The van der Waals surface area contributed by atoms with Crippen molar-refractivity contribution in [3.63, 3.8) is 0 Å². The molecule has 2 fully saturated rings. The van der Waals surface area contributed by atoms with Crippen LogP contribution >= 0.6 is 12.2 Å². The van der Waals surface area contributed by atoms with Gasteiger partial charge in [0.05, 0.1) is 18.0 Å². The number of anilines is 2. The summed E-state index contributed by atoms with van der Waals surface area (Å²) in [4.78, 5) is 6.98. The summed E-state index contributed by atoms with van der Waals surface area (Å²) in [6.45, 7) is 5.01. The van der Waals surface area contributed by atoms with Gasteiger partial charge in [0.1, 0.15) is 5.82 Å². The van der Waals surface area contributed by atoms with Crippen LogP contribution in [-0.2, 0) is 4.74 Å². The van der Waals surface area contributed by atoms with Gasteiger partial charge in [0.2, 0.25) is 0 Å². The Morgan fingerprint density at radius 2 is 2.26 bits per heavy atom. The highest BCUT2D eigenvalue weighted by molar-refractivity contribution is 7.80. The molecule has 0 spiro atoms. The van der Waals surface area contributed by atoms with Crippen LogP contribution in [0.2, 0.25) is 0 Å². The summed E-state index contributed by atoms with van der Waals surface area (Å²) in [6.07, 6.45) is 8.23. The molecule has 0 aromatic carbocycles. The molecule has 3 rings (SSSR count). The third-order valence-electron chi connectivity index (χ3n) is 4.62. The van der Waals surface area contributed by atoms with E-state index in [2.05, 4.69) is 33.5 Å². The lowest BCUT2D eigenvalue weighted by Gasteiger charge is -2.34. The number of nitrogens with one attached hydrogen (secondary N) is 2. The van der Waals surface area contributed by atoms with Gasteiger partial charge < -0.3 is 20.3 Å². The SMILES string of the molecule is C[C@H]1CCCCN1c1ccc(NC(=S)NC[C@@H]2CCCO2)cn1. The van der Waals surface area contributed by atoms with Crippen LogP contribution in [0.15, 0.2) is 18.3 Å². The van der Waals surface area contributed by atoms with Crippen molar-refractivity contribution in [1.82, 2.24) is 10.3 Å². The van der Waals surface area contributed by atoms with Gasteiger partial charge in [-0.05, 0) is 63.4 Å². The van der Waals surface area contributed by atoms with Gasteiger partial charge in [0.15, 0.2) is 5.11 Å². The number of thiocarbonyl (C=S) groups is 1. The highest BCUT2D eigenvalue weighted by Crippen LogP contribution is 2.23. The Morgan fingerprint density at radius 1 is 1.35 bits per heavy atom. The van der Waals surface area contributed by atoms with Crippen molar-refractivity contribution in [2.45, 2.75) is 51.2 Å². The van der Waals surface area contributed by atoms with E-state index in [0.29, 0.717) is 11.2 Å². The standard InChI is InChI=1S/C17H26N4OS/c1-13-5-2-3-9-21(13)16-8-7-14(11-18-16)20-17(23)19-12-15-6-4-10-22-15/h7-8,11,13,15H,2-6,9-10,12H2,1H3,(H2,19,20,23)/t13-,15-/m0/s1. The van der Waals surface area contributed by atoms with Gasteiger partial charge in [-0.25, -0.2) is 4.98 Å². The first kappa shape index (κ1) is 16.5. The molecule has 0 bridgehead atoms. The summed E-state index contributed by atoms with van der Waals surface area (Å²) in [6, 6.07) is 4.69. The molecule has 2 atom stereocenters. The Morgan fingerprint density at radius 3 is 2.96 bits per heavy atom. The zero-order chi connectivity index (χ0) is 16.1. The molecule has 2 saturated heterocycles. The molecule has 1 aromatic rings. The molecule has 126 valence electrons. The molecular formula is C17H26N4OS. The second-order valence-electron chi connectivity index (χ2n) is 6.41. The maximum Gasteiger partial charge on any atom is 0.170 e. The van der Waals surface area contributed by atoms with Crippen molar-refractivity contribution in [2.24, 2.45) is 0 Å². The largest absolute Gasteiger partial charge is 0.376 e. The number of rotatable bonds is 4. The number of hydrogen-bond acceptors (Lipinski definition) is 4. The number of ether oxygens (including phenoxy) is 1. The smallest absolute Gasteiger partial charge is 0.170 e. The topological polar surface area (TPSA) is 49.4 Å². The van der Waals surface area contributed by atoms with Crippen molar-refractivity contribution in [1.29, 1.82) is 0 Å². The van der Waals surface area contributed by atoms with E-state index >= 15 is 0 Å². The highest BCUT2D eigenvalue weighted by Gasteiger charge is 2.19. The minimum atomic E-state index is 0.288. The van der Waals surface area contributed by atoms with Gasteiger partial charge in [0.25, 0.3) is 0 Å². The second kappa shape index (κ2) is 7.93. The van der Waals surface area contributed by atoms with Crippen LogP contribution in [-0.4, -0.2) is 41.9 Å². The molecule has 6 heteroatoms. The van der Waals surface area contributed by atoms with Crippen molar-refractivity contribution in [2.75, 3.05) is 29.9 Å². The summed E-state index contributed by atoms with van der Waals surface area (Å²) in [7, 11) is 0. The Balaban J connectivity index is 1.49. The maximum absolute atomic E-state index is 5.58. The summed E-state index contributed by atoms with van der Waals surface area (Å²) >= 11 is 5.33. The lowest BCUT2D eigenvalue weighted by molar-refractivity contribution is 0.114. The molecular weight excluding hydrogens is 308 g/mol. The highest BCUT2D eigenvalue weighted by atomic mass is 32.1. The molecule has 0 radical (unpaired) electrons. The van der Waals surface area contributed by atoms with E-state index in [4.69, 9.17) is 17.0 Å². The molecule has 0 saturated carbocycles. The molecule has 2 aliphatic heterocycles. The number of piperidine rings is 1. The van der Waals surface area contributed by atoms with Crippen molar-refractivity contribution >= 4 is 28.8 Å². The second-order valence-corrected chi connectivity index (χ2v) is 6.82. The lowest BCUT2D eigenvalue weighted by Crippen LogP contribution is -2.38. The van der Waals surface area contributed by atoms with Gasteiger partial charge in [-0.1, -0.05) is 0 Å². The van der Waals surface area contributed by atoms with Crippen LogP contribution in [0.3, 0.4) is 0 Å². The number of aromatic nitrogens is 1. The van der Waals surface area contributed by atoms with Crippen molar-refractivity contribution < 1.29 is 4.74 Å². The predicted molar refractivity (Wildman–Crippen MR) is 98.1 cm³/mol. The zero-order valence-electron chi connectivity index (χ0n) is 13.8. The minimum absolute atomic E-state index is 0.288. The normalized spacial score (nSPS) is 24.5. The first-order valence-corrected chi connectivity index (χ1v) is 9.02. The van der Waals surface area contributed by atoms with Gasteiger partial charge in [-0.3, -0.25) is 0 Å². The van der Waals surface area contributed by atoms with Gasteiger partial charge in [-0.2, -0.15) is 0 Å². The van der Waals surface area contributed by atoms with E-state index in [1.54, 1.807) is 0 Å². The summed E-state index contributed by atoms with van der Waals surface area (Å²) in [5, 5.41) is 7.03. The molecule has 0 amide bonds. The molecule has 5 nitrogen and oxygen atoms in total. The van der Waals surface area contributed by atoms with E-state index < -0.39 is 0 Å². The van der Waals surface area contributed by atoms with Crippen molar-refractivity contribution in [3.8, 4) is 0 Å². The zero-order valence-corrected chi connectivity index (χ0v) is 14.6. The fourth-order valence-corrected chi connectivity index (χ4v) is 3.46. The van der Waals surface area contributed by atoms with Crippen molar-refractivity contribution in [3.05, 3.63) is 18.3 Å². The average Bonchev–Trinajstić information content (AvgIpc) is 3.08. The molecule has 3 heterocycles. The van der Waals surface area contributed by atoms with E-state index in [1.165, 1.54) is 19.3 Å². The van der Waals surface area contributed by atoms with E-state index in [-0.39, 0.29) is 6.10 Å². The lowest BCUT2D eigenvalue weighted by atomic mass is 10.0. The quantitative estimate of drug-likeness (QED) is 0.826. The molecule has 1 aromatic heterocycles. The predicted octanol–water partition coefficient (Wildman–Crippen LogP) is 2.93. The third kappa shape index (κ3) is 4.54. The Labute approximate surface area is 143 Å². The van der Waals surface area contributed by atoms with Crippen LogP contribution < -0.4 is 15.5 Å². The molecule has 23 heavy (non-hydrogen) atoms. The van der Waals surface area contributed by atoms with Crippen LogP contribution in [0.5, 0.6) is 0 Å². The van der Waals surface area contributed by atoms with E-state index in [9.17, 15) is 0 Å². The summed E-state index contributed by atoms with van der Waals surface area (Å²) in [5.41, 5.74) is 0.920. The van der Waals surface area contributed by atoms with Gasteiger partial charge in [-0.15, -0.1) is 0 Å². The third-order valence-corrected chi connectivity index (χ3v) is 4.86. The summed E-state index contributed by atoms with van der Waals surface area (Å²) < 4.78 is 5.58. The van der Waals surface area contributed by atoms with E-state index in [1.807, 2.05) is 12.3 Å². The molecule has 2 aliphatic rings. The number of pyridine rings is 1. The molecule has 0 unspecified atom stereocenters. The minimum Gasteiger partial charge on any atom is -0.376 e. The summed E-state index contributed by atoms with van der Waals surface area (Å²) in [5.74, 6) is 1.06. The van der Waals surface area contributed by atoms with Crippen LogP contribution in [0.25, 0.3) is 0 Å². The fourth-order valence-electron chi connectivity index (χ4n) is 3.26. The number of hydrogen-bond donors (Lipinski definition) is 2. The fraction of sp³-hybridized carbons (Fsp3) is 0.647. The monoisotopic (exact) mass is 334 g/mol. The average molecular weight is 334 g/mol. The first-order chi connectivity index (χ1) is 11.2. The van der Waals surface area contributed by atoms with Gasteiger partial charge in [0, 0.05) is 25.7 Å². The Kier molecular flexibility index (Phi) is 5.67.